The van der Waals surface area contributed by atoms with Crippen molar-refractivity contribution in [2.24, 2.45) is 5.92 Å². The molecule has 24 heavy (non-hydrogen) atoms. The number of nitrogens with zero attached hydrogens (tertiary/aromatic N) is 1. The molecule has 0 spiro atoms. The van der Waals surface area contributed by atoms with Gasteiger partial charge < -0.3 is 19.5 Å². The fourth-order valence-electron chi connectivity index (χ4n) is 3.25. The molecule has 0 bridgehead atoms. The molecule has 0 aromatic carbocycles. The summed E-state index contributed by atoms with van der Waals surface area (Å²) in [5, 5.41) is 10.5. The Kier molecular flexibility index (Phi) is 6.34. The van der Waals surface area contributed by atoms with Gasteiger partial charge >= 0.3 is 5.97 Å². The molecular weight excluding hydrogens is 314 g/mol. The number of ether oxygens (including phenoxy) is 2. The van der Waals surface area contributed by atoms with Gasteiger partial charge in [-0.05, 0) is 38.5 Å². The lowest BCUT2D eigenvalue weighted by Crippen LogP contribution is -2.59. The molecule has 0 radical (unpaired) electrons. The van der Waals surface area contributed by atoms with E-state index in [1.165, 1.54) is 4.90 Å². The van der Waals surface area contributed by atoms with Crippen LogP contribution in [0.4, 0.5) is 0 Å². The standard InChI is InChI=1S/C17H27NO6/c1-3-10-23-16(21)13-8-4-5-9-18(13)15(20)14(19)17(22)12(2)7-6-11-24-17/h12-13,22H,3-11H2,1-2H3/t12?,13-,17+/m0/s1. The van der Waals surface area contributed by atoms with Gasteiger partial charge in [-0.25, -0.2) is 4.79 Å². The second-order valence-corrected chi connectivity index (χ2v) is 6.59. The first-order chi connectivity index (χ1) is 11.4. The molecular formula is C17H27NO6. The minimum absolute atomic E-state index is 0.238. The summed E-state index contributed by atoms with van der Waals surface area (Å²) in [5.41, 5.74) is 0. The van der Waals surface area contributed by atoms with Crippen molar-refractivity contribution in [2.75, 3.05) is 19.8 Å². The van der Waals surface area contributed by atoms with Gasteiger partial charge in [-0.1, -0.05) is 13.8 Å². The number of carbonyl (C=O) groups is 3. The Balaban J connectivity index is 2.12. The van der Waals surface area contributed by atoms with Gasteiger partial charge in [0.05, 0.1) is 13.2 Å². The van der Waals surface area contributed by atoms with Crippen LogP contribution in [0.15, 0.2) is 0 Å². The van der Waals surface area contributed by atoms with Crippen molar-refractivity contribution < 1.29 is 29.0 Å². The first-order valence-electron chi connectivity index (χ1n) is 8.80. The zero-order valence-electron chi connectivity index (χ0n) is 14.5. The third kappa shape index (κ3) is 3.78. The smallest absolute Gasteiger partial charge is 0.328 e. The highest BCUT2D eigenvalue weighted by atomic mass is 16.6. The molecule has 2 rings (SSSR count). The Hall–Kier alpha value is -1.47. The molecule has 2 aliphatic rings. The van der Waals surface area contributed by atoms with E-state index in [0.717, 1.165) is 12.8 Å². The van der Waals surface area contributed by atoms with Crippen LogP contribution in [0.2, 0.25) is 0 Å². The predicted molar refractivity (Wildman–Crippen MR) is 84.9 cm³/mol. The number of hydrogen-bond donors (Lipinski definition) is 1. The maximum absolute atomic E-state index is 12.7. The molecule has 2 saturated heterocycles. The molecule has 2 heterocycles. The lowest BCUT2D eigenvalue weighted by Gasteiger charge is -2.39. The monoisotopic (exact) mass is 341 g/mol. The van der Waals surface area contributed by atoms with Crippen molar-refractivity contribution in [1.82, 2.24) is 4.90 Å². The third-order valence-electron chi connectivity index (χ3n) is 4.78. The van der Waals surface area contributed by atoms with Gasteiger partial charge in [-0.2, -0.15) is 0 Å². The number of rotatable bonds is 5. The fraction of sp³-hybridized carbons (Fsp3) is 0.824. The highest BCUT2D eigenvalue weighted by molar-refractivity contribution is 6.39. The van der Waals surface area contributed by atoms with Crippen LogP contribution in [-0.2, 0) is 23.9 Å². The van der Waals surface area contributed by atoms with Gasteiger partial charge in [0.15, 0.2) is 0 Å². The van der Waals surface area contributed by atoms with Crippen LogP contribution in [0.1, 0.15) is 52.4 Å². The zero-order chi connectivity index (χ0) is 17.7. The van der Waals surface area contributed by atoms with Crippen LogP contribution in [-0.4, -0.2) is 59.3 Å². The predicted octanol–water partition coefficient (Wildman–Crippen LogP) is 1.02. The number of amides is 1. The molecule has 0 saturated carbocycles. The Morgan fingerprint density at radius 3 is 2.67 bits per heavy atom. The van der Waals surface area contributed by atoms with Crippen molar-refractivity contribution in [2.45, 2.75) is 64.2 Å². The van der Waals surface area contributed by atoms with E-state index in [1.807, 2.05) is 6.92 Å². The van der Waals surface area contributed by atoms with Crippen molar-refractivity contribution >= 4 is 17.7 Å². The average Bonchev–Trinajstić information content (AvgIpc) is 2.61. The normalized spacial score (nSPS) is 30.7. The summed E-state index contributed by atoms with van der Waals surface area (Å²) in [6.07, 6.45) is 4.01. The van der Waals surface area contributed by atoms with E-state index in [2.05, 4.69) is 0 Å². The number of piperidine rings is 1. The summed E-state index contributed by atoms with van der Waals surface area (Å²) in [4.78, 5) is 38.7. The van der Waals surface area contributed by atoms with Gasteiger partial charge in [-0.3, -0.25) is 9.59 Å². The summed E-state index contributed by atoms with van der Waals surface area (Å²) in [7, 11) is 0. The molecule has 7 nitrogen and oxygen atoms in total. The van der Waals surface area contributed by atoms with Gasteiger partial charge in [0, 0.05) is 12.5 Å². The van der Waals surface area contributed by atoms with Crippen LogP contribution in [0.5, 0.6) is 0 Å². The molecule has 1 N–H and O–H groups in total. The highest BCUT2D eigenvalue weighted by Crippen LogP contribution is 2.31. The molecule has 3 atom stereocenters. The lowest BCUT2D eigenvalue weighted by molar-refractivity contribution is -0.240. The van der Waals surface area contributed by atoms with Crippen molar-refractivity contribution in [1.29, 1.82) is 0 Å². The molecule has 136 valence electrons. The van der Waals surface area contributed by atoms with Crippen LogP contribution < -0.4 is 0 Å². The molecule has 1 unspecified atom stereocenters. The van der Waals surface area contributed by atoms with E-state index >= 15 is 0 Å². The summed E-state index contributed by atoms with van der Waals surface area (Å²) >= 11 is 0. The number of ketones is 1. The SMILES string of the molecule is CCCOC(=O)[C@@H]1CCCCN1C(=O)C(=O)[C@]1(O)OCCCC1C. The number of Topliss-reactive ketones (excluding diaryl/α,β-unsaturated/α-hetero) is 1. The fourth-order valence-corrected chi connectivity index (χ4v) is 3.25. The molecule has 0 aromatic rings. The Morgan fingerprint density at radius 1 is 1.25 bits per heavy atom. The summed E-state index contributed by atoms with van der Waals surface area (Å²) in [5.74, 6) is -4.88. The lowest BCUT2D eigenvalue weighted by atomic mass is 9.88. The Morgan fingerprint density at radius 2 is 2.00 bits per heavy atom. The number of aliphatic hydroxyl groups is 1. The van der Waals surface area contributed by atoms with E-state index in [4.69, 9.17) is 9.47 Å². The van der Waals surface area contributed by atoms with Crippen molar-refractivity contribution in [3.05, 3.63) is 0 Å². The zero-order valence-corrected chi connectivity index (χ0v) is 14.5. The molecule has 7 heteroatoms. The molecule has 1 amide bonds. The van der Waals surface area contributed by atoms with Gasteiger partial charge in [0.2, 0.25) is 5.79 Å². The Labute approximate surface area is 142 Å². The second-order valence-electron chi connectivity index (χ2n) is 6.59. The first kappa shape index (κ1) is 18.9. The summed E-state index contributed by atoms with van der Waals surface area (Å²) in [6, 6.07) is -0.760. The van der Waals surface area contributed by atoms with Gasteiger partial charge in [0.25, 0.3) is 11.7 Å². The van der Waals surface area contributed by atoms with E-state index in [-0.39, 0.29) is 13.2 Å². The second kappa shape index (κ2) is 8.07. The quantitative estimate of drug-likeness (QED) is 0.593. The summed E-state index contributed by atoms with van der Waals surface area (Å²) < 4.78 is 10.4. The molecule has 0 aromatic heterocycles. The first-order valence-corrected chi connectivity index (χ1v) is 8.80. The third-order valence-corrected chi connectivity index (χ3v) is 4.78. The van der Waals surface area contributed by atoms with Crippen LogP contribution in [0.25, 0.3) is 0 Å². The molecule has 0 aliphatic carbocycles. The average molecular weight is 341 g/mol. The number of hydrogen-bond acceptors (Lipinski definition) is 6. The van der Waals surface area contributed by atoms with Gasteiger partial charge in [-0.15, -0.1) is 0 Å². The van der Waals surface area contributed by atoms with E-state index in [1.54, 1.807) is 6.92 Å². The summed E-state index contributed by atoms with van der Waals surface area (Å²) in [6.45, 7) is 4.41. The number of likely N-dealkylation sites (tertiary alicyclic amines) is 1. The topological polar surface area (TPSA) is 93.1 Å². The van der Waals surface area contributed by atoms with Crippen LogP contribution in [0.3, 0.4) is 0 Å². The van der Waals surface area contributed by atoms with E-state index < -0.39 is 35.4 Å². The maximum Gasteiger partial charge on any atom is 0.328 e. The minimum Gasteiger partial charge on any atom is -0.464 e. The maximum atomic E-state index is 12.7. The highest BCUT2D eigenvalue weighted by Gasteiger charge is 2.50. The number of esters is 1. The van der Waals surface area contributed by atoms with Crippen LogP contribution >= 0.6 is 0 Å². The minimum atomic E-state index is -2.09. The van der Waals surface area contributed by atoms with Crippen LogP contribution in [0, 0.1) is 5.92 Å². The van der Waals surface area contributed by atoms with Crippen molar-refractivity contribution in [3.8, 4) is 0 Å². The van der Waals surface area contributed by atoms with Gasteiger partial charge in [0.1, 0.15) is 6.04 Å². The number of carbonyl (C=O) groups excluding carboxylic acids is 3. The Bertz CT molecular complexity index is 493. The van der Waals surface area contributed by atoms with E-state index in [0.29, 0.717) is 32.2 Å². The molecule has 2 aliphatic heterocycles. The largest absolute Gasteiger partial charge is 0.464 e. The van der Waals surface area contributed by atoms with Crippen molar-refractivity contribution in [3.63, 3.8) is 0 Å². The van der Waals surface area contributed by atoms with E-state index in [9.17, 15) is 19.5 Å². The molecule has 2 fully saturated rings.